The van der Waals surface area contributed by atoms with Crippen LogP contribution in [0.25, 0.3) is 0 Å². The molecule has 1 atom stereocenters. The number of aromatic nitrogens is 1. The fraction of sp³-hybridized carbons (Fsp3) is 0.625. The molecular weight excluding hydrogens is 280 g/mol. The van der Waals surface area contributed by atoms with E-state index in [1.165, 1.54) is 0 Å². The van der Waals surface area contributed by atoms with Crippen LogP contribution in [-0.2, 0) is 4.79 Å². The molecule has 3 heterocycles. The lowest BCUT2D eigenvalue weighted by atomic mass is 10.2. The number of likely N-dealkylation sites (tertiary alicyclic amines) is 1. The Kier molecular flexibility index (Phi) is 4.90. The van der Waals surface area contributed by atoms with Crippen molar-refractivity contribution in [2.24, 2.45) is 0 Å². The number of rotatable bonds is 4. The molecule has 0 aliphatic carbocycles. The molecule has 6 nitrogen and oxygen atoms in total. The van der Waals surface area contributed by atoms with Crippen LogP contribution in [0, 0.1) is 0 Å². The van der Waals surface area contributed by atoms with Crippen LogP contribution < -0.4 is 4.90 Å². The minimum absolute atomic E-state index is 0.0299. The Morgan fingerprint density at radius 1 is 1.23 bits per heavy atom. The Bertz CT molecular complexity index is 488. The highest BCUT2D eigenvalue weighted by atomic mass is 16.3. The van der Waals surface area contributed by atoms with E-state index in [4.69, 9.17) is 0 Å². The zero-order chi connectivity index (χ0) is 15.4. The lowest BCUT2D eigenvalue weighted by molar-refractivity contribution is -0.134. The molecule has 2 aliphatic heterocycles. The largest absolute Gasteiger partial charge is 0.394 e. The molecule has 0 unspecified atom stereocenters. The predicted molar refractivity (Wildman–Crippen MR) is 84.7 cm³/mol. The van der Waals surface area contributed by atoms with E-state index >= 15 is 0 Å². The van der Waals surface area contributed by atoms with Gasteiger partial charge < -0.3 is 14.9 Å². The molecule has 1 aromatic heterocycles. The zero-order valence-electron chi connectivity index (χ0n) is 12.9. The van der Waals surface area contributed by atoms with Crippen molar-refractivity contribution >= 4 is 11.7 Å². The van der Waals surface area contributed by atoms with Gasteiger partial charge in [0.25, 0.3) is 0 Å². The maximum atomic E-state index is 12.4. The molecule has 0 saturated carbocycles. The third kappa shape index (κ3) is 3.39. The molecule has 120 valence electrons. The highest BCUT2D eigenvalue weighted by molar-refractivity contribution is 5.79. The van der Waals surface area contributed by atoms with E-state index in [0.29, 0.717) is 6.54 Å². The second-order valence-corrected chi connectivity index (χ2v) is 6.02. The first-order chi connectivity index (χ1) is 10.8. The quantitative estimate of drug-likeness (QED) is 0.860. The van der Waals surface area contributed by atoms with Crippen molar-refractivity contribution in [2.45, 2.75) is 18.9 Å². The normalized spacial score (nSPS) is 23.0. The van der Waals surface area contributed by atoms with Gasteiger partial charge in [0, 0.05) is 38.9 Å². The molecule has 22 heavy (non-hydrogen) atoms. The monoisotopic (exact) mass is 304 g/mol. The van der Waals surface area contributed by atoms with Gasteiger partial charge in [0.2, 0.25) is 5.91 Å². The summed E-state index contributed by atoms with van der Waals surface area (Å²) in [6.45, 7) is 4.88. The number of carbonyl (C=O) groups excluding carboxylic acids is 1. The maximum Gasteiger partial charge on any atom is 0.237 e. The summed E-state index contributed by atoms with van der Waals surface area (Å²) < 4.78 is 0. The van der Waals surface area contributed by atoms with Crippen molar-refractivity contribution in [1.29, 1.82) is 0 Å². The van der Waals surface area contributed by atoms with Crippen molar-refractivity contribution in [2.75, 3.05) is 50.8 Å². The van der Waals surface area contributed by atoms with Crippen LogP contribution in [0.15, 0.2) is 24.4 Å². The Balaban J connectivity index is 1.49. The van der Waals surface area contributed by atoms with Crippen LogP contribution in [0.3, 0.4) is 0 Å². The summed E-state index contributed by atoms with van der Waals surface area (Å²) in [5.74, 6) is 1.16. The number of nitrogens with zero attached hydrogens (tertiary/aromatic N) is 4. The number of anilines is 1. The van der Waals surface area contributed by atoms with E-state index in [1.54, 1.807) is 0 Å². The Morgan fingerprint density at radius 3 is 2.73 bits per heavy atom. The Morgan fingerprint density at radius 2 is 2.05 bits per heavy atom. The average Bonchev–Trinajstić information content (AvgIpc) is 3.05. The molecular formula is C16H24N4O2. The topological polar surface area (TPSA) is 59.9 Å². The highest BCUT2D eigenvalue weighted by Gasteiger charge is 2.29. The highest BCUT2D eigenvalue weighted by Crippen LogP contribution is 2.18. The second-order valence-electron chi connectivity index (χ2n) is 6.02. The first kappa shape index (κ1) is 15.2. The van der Waals surface area contributed by atoms with Gasteiger partial charge in [-0.3, -0.25) is 9.69 Å². The maximum absolute atomic E-state index is 12.4. The number of pyridine rings is 1. The molecule has 0 aromatic carbocycles. The molecule has 0 bridgehead atoms. The van der Waals surface area contributed by atoms with Crippen LogP contribution in [0.5, 0.6) is 0 Å². The SMILES string of the molecule is O=C(CN1CCN(c2ccccn2)CC1)N1CCC[C@H]1CO. The summed E-state index contributed by atoms with van der Waals surface area (Å²) in [6.07, 6.45) is 3.74. The van der Waals surface area contributed by atoms with E-state index in [2.05, 4.69) is 14.8 Å². The van der Waals surface area contributed by atoms with Gasteiger partial charge in [0.05, 0.1) is 19.2 Å². The van der Waals surface area contributed by atoms with Gasteiger partial charge in [-0.25, -0.2) is 4.98 Å². The van der Waals surface area contributed by atoms with Gasteiger partial charge >= 0.3 is 0 Å². The van der Waals surface area contributed by atoms with Gasteiger partial charge in [0.15, 0.2) is 0 Å². The summed E-state index contributed by atoms with van der Waals surface area (Å²) in [5, 5.41) is 9.33. The van der Waals surface area contributed by atoms with Crippen LogP contribution in [-0.4, -0.2) is 77.7 Å². The third-order valence-electron chi connectivity index (χ3n) is 4.61. The first-order valence-electron chi connectivity index (χ1n) is 8.06. The van der Waals surface area contributed by atoms with E-state index in [0.717, 1.165) is 51.4 Å². The third-order valence-corrected chi connectivity index (χ3v) is 4.61. The van der Waals surface area contributed by atoms with Crippen LogP contribution in [0.2, 0.25) is 0 Å². The molecule has 1 aromatic rings. The zero-order valence-corrected chi connectivity index (χ0v) is 12.9. The van der Waals surface area contributed by atoms with Crippen molar-refractivity contribution in [3.63, 3.8) is 0 Å². The fourth-order valence-corrected chi connectivity index (χ4v) is 3.31. The predicted octanol–water partition coefficient (Wildman–Crippen LogP) is 0.187. The summed E-state index contributed by atoms with van der Waals surface area (Å²) in [5.41, 5.74) is 0. The summed E-state index contributed by atoms with van der Waals surface area (Å²) in [7, 11) is 0. The number of amides is 1. The number of hydrogen-bond donors (Lipinski definition) is 1. The lowest BCUT2D eigenvalue weighted by Crippen LogP contribution is -2.51. The number of hydrogen-bond acceptors (Lipinski definition) is 5. The molecule has 1 N–H and O–H groups in total. The first-order valence-corrected chi connectivity index (χ1v) is 8.06. The van der Waals surface area contributed by atoms with Crippen LogP contribution in [0.4, 0.5) is 5.82 Å². The lowest BCUT2D eigenvalue weighted by Gasteiger charge is -2.36. The molecule has 3 rings (SSSR count). The van der Waals surface area contributed by atoms with E-state index < -0.39 is 0 Å². The number of carbonyl (C=O) groups is 1. The van der Waals surface area contributed by atoms with Gasteiger partial charge in [-0.05, 0) is 25.0 Å². The smallest absolute Gasteiger partial charge is 0.237 e. The van der Waals surface area contributed by atoms with E-state index in [-0.39, 0.29) is 18.6 Å². The van der Waals surface area contributed by atoms with E-state index in [9.17, 15) is 9.90 Å². The van der Waals surface area contributed by atoms with Crippen molar-refractivity contribution < 1.29 is 9.90 Å². The minimum Gasteiger partial charge on any atom is -0.394 e. The summed E-state index contributed by atoms with van der Waals surface area (Å²) in [6, 6.07) is 5.98. The summed E-state index contributed by atoms with van der Waals surface area (Å²) >= 11 is 0. The number of piperazine rings is 1. The van der Waals surface area contributed by atoms with Gasteiger partial charge in [-0.15, -0.1) is 0 Å². The number of aliphatic hydroxyl groups excluding tert-OH is 1. The average molecular weight is 304 g/mol. The fourth-order valence-electron chi connectivity index (χ4n) is 3.31. The molecule has 0 spiro atoms. The molecule has 6 heteroatoms. The molecule has 2 saturated heterocycles. The second kappa shape index (κ2) is 7.07. The van der Waals surface area contributed by atoms with Crippen molar-refractivity contribution in [3.05, 3.63) is 24.4 Å². The van der Waals surface area contributed by atoms with Crippen molar-refractivity contribution in [3.8, 4) is 0 Å². The molecule has 0 radical (unpaired) electrons. The van der Waals surface area contributed by atoms with Gasteiger partial charge in [-0.1, -0.05) is 6.07 Å². The number of aliphatic hydroxyl groups is 1. The Hall–Kier alpha value is -1.66. The van der Waals surface area contributed by atoms with Gasteiger partial charge in [0.1, 0.15) is 5.82 Å². The van der Waals surface area contributed by atoms with E-state index in [1.807, 2.05) is 29.3 Å². The summed E-state index contributed by atoms with van der Waals surface area (Å²) in [4.78, 5) is 23.1. The van der Waals surface area contributed by atoms with Crippen LogP contribution >= 0.6 is 0 Å². The minimum atomic E-state index is 0.0299. The molecule has 2 fully saturated rings. The van der Waals surface area contributed by atoms with Crippen molar-refractivity contribution in [1.82, 2.24) is 14.8 Å². The van der Waals surface area contributed by atoms with Crippen LogP contribution in [0.1, 0.15) is 12.8 Å². The van der Waals surface area contributed by atoms with Gasteiger partial charge in [-0.2, -0.15) is 0 Å². The molecule has 1 amide bonds. The standard InChI is InChI=1S/C16H24N4O2/c21-13-14-4-3-7-20(14)16(22)12-18-8-10-19(11-9-18)15-5-1-2-6-17-15/h1-2,5-6,14,21H,3-4,7-13H2/t14-/m0/s1. The Labute approximate surface area is 131 Å². The molecule has 2 aliphatic rings.